The number of amides is 2. The van der Waals surface area contributed by atoms with Crippen LogP contribution in [0, 0.1) is 0 Å². The zero-order valence-corrected chi connectivity index (χ0v) is 14.3. The Kier molecular flexibility index (Phi) is 3.70. The zero-order valence-electron chi connectivity index (χ0n) is 14.3. The standard InChI is InChI=1S/C18H21N3O3/c1-10-9-13-14(15(19)11-7-5-6-8-12(11)20-13)16(22)21(10)17(23)24-18(2,3)4/h5-8,10H,9H2,1-4H3,(H2,19,20). The van der Waals surface area contributed by atoms with Gasteiger partial charge in [0.15, 0.2) is 0 Å². The van der Waals surface area contributed by atoms with Crippen LogP contribution in [0.1, 0.15) is 43.7 Å². The van der Waals surface area contributed by atoms with Gasteiger partial charge in [0, 0.05) is 17.8 Å². The molecular weight excluding hydrogens is 306 g/mol. The molecule has 0 saturated heterocycles. The van der Waals surface area contributed by atoms with Crippen LogP contribution in [-0.2, 0) is 11.2 Å². The van der Waals surface area contributed by atoms with Gasteiger partial charge in [0.2, 0.25) is 0 Å². The van der Waals surface area contributed by atoms with Gasteiger partial charge in [-0.05, 0) is 33.8 Å². The van der Waals surface area contributed by atoms with Crippen molar-refractivity contribution in [2.24, 2.45) is 0 Å². The summed E-state index contributed by atoms with van der Waals surface area (Å²) in [6.45, 7) is 7.10. The molecule has 1 aliphatic heterocycles. The number of aromatic nitrogens is 1. The molecule has 6 heteroatoms. The number of carbonyl (C=O) groups is 2. The third kappa shape index (κ3) is 2.68. The van der Waals surface area contributed by atoms with Crippen LogP contribution in [0.3, 0.4) is 0 Å². The molecule has 0 aliphatic carbocycles. The summed E-state index contributed by atoms with van der Waals surface area (Å²) in [6.07, 6.45) is -0.201. The normalized spacial score (nSPS) is 17.8. The van der Waals surface area contributed by atoms with Crippen LogP contribution in [0.4, 0.5) is 10.5 Å². The minimum Gasteiger partial charge on any atom is -0.443 e. The summed E-state index contributed by atoms with van der Waals surface area (Å²) in [6, 6.07) is 7.06. The van der Waals surface area contributed by atoms with Crippen molar-refractivity contribution < 1.29 is 14.3 Å². The Hall–Kier alpha value is -2.63. The number of nitrogen functional groups attached to an aromatic ring is 1. The maximum atomic E-state index is 12.9. The topological polar surface area (TPSA) is 85.5 Å². The molecule has 1 aliphatic rings. The maximum absolute atomic E-state index is 12.9. The van der Waals surface area contributed by atoms with Crippen molar-refractivity contribution in [2.75, 3.05) is 5.73 Å². The first-order valence-electron chi connectivity index (χ1n) is 7.92. The van der Waals surface area contributed by atoms with Crippen molar-refractivity contribution in [3.63, 3.8) is 0 Å². The van der Waals surface area contributed by atoms with Crippen LogP contribution < -0.4 is 5.73 Å². The van der Waals surface area contributed by atoms with E-state index in [9.17, 15) is 9.59 Å². The molecule has 1 aromatic carbocycles. The second kappa shape index (κ2) is 5.47. The lowest BCUT2D eigenvalue weighted by Crippen LogP contribution is -2.50. The zero-order chi connectivity index (χ0) is 17.6. The minimum absolute atomic E-state index is 0.303. The van der Waals surface area contributed by atoms with Gasteiger partial charge in [-0.3, -0.25) is 9.78 Å². The monoisotopic (exact) mass is 327 g/mol. The average molecular weight is 327 g/mol. The summed E-state index contributed by atoms with van der Waals surface area (Å²) >= 11 is 0. The van der Waals surface area contributed by atoms with E-state index in [1.54, 1.807) is 27.7 Å². The van der Waals surface area contributed by atoms with E-state index in [0.29, 0.717) is 28.8 Å². The molecule has 1 atom stereocenters. The van der Waals surface area contributed by atoms with Crippen LogP contribution in [0.15, 0.2) is 24.3 Å². The van der Waals surface area contributed by atoms with Gasteiger partial charge < -0.3 is 10.5 Å². The second-order valence-corrected chi connectivity index (χ2v) is 7.07. The summed E-state index contributed by atoms with van der Waals surface area (Å²) in [5.74, 6) is -0.450. The summed E-state index contributed by atoms with van der Waals surface area (Å²) in [5.41, 5.74) is 7.59. The molecule has 0 fully saturated rings. The number of benzene rings is 1. The highest BCUT2D eigenvalue weighted by atomic mass is 16.6. The highest BCUT2D eigenvalue weighted by molar-refractivity contribution is 6.12. The number of rotatable bonds is 0. The molecule has 0 saturated carbocycles. The van der Waals surface area contributed by atoms with Crippen molar-refractivity contribution in [3.8, 4) is 0 Å². The van der Waals surface area contributed by atoms with Crippen molar-refractivity contribution in [1.29, 1.82) is 0 Å². The first-order chi connectivity index (χ1) is 11.2. The van der Waals surface area contributed by atoms with E-state index in [1.807, 2.05) is 24.3 Å². The Morgan fingerprint density at radius 1 is 1.33 bits per heavy atom. The lowest BCUT2D eigenvalue weighted by atomic mass is 9.96. The fourth-order valence-corrected chi connectivity index (χ4v) is 2.94. The van der Waals surface area contributed by atoms with E-state index in [0.717, 1.165) is 10.4 Å². The number of nitrogens with two attached hydrogens (primary N) is 1. The van der Waals surface area contributed by atoms with E-state index in [2.05, 4.69) is 4.98 Å². The number of hydrogen-bond donors (Lipinski definition) is 1. The molecule has 2 heterocycles. The second-order valence-electron chi connectivity index (χ2n) is 7.07. The van der Waals surface area contributed by atoms with Gasteiger partial charge in [0.25, 0.3) is 5.91 Å². The molecule has 3 rings (SSSR count). The smallest absolute Gasteiger partial charge is 0.417 e. The predicted molar refractivity (Wildman–Crippen MR) is 91.7 cm³/mol. The quantitative estimate of drug-likeness (QED) is 0.803. The lowest BCUT2D eigenvalue weighted by molar-refractivity contribution is 0.0164. The summed E-state index contributed by atoms with van der Waals surface area (Å²) < 4.78 is 5.37. The van der Waals surface area contributed by atoms with Gasteiger partial charge >= 0.3 is 6.09 Å². The maximum Gasteiger partial charge on any atom is 0.417 e. The predicted octanol–water partition coefficient (Wildman–Crippen LogP) is 3.14. The number of ether oxygens (including phenoxy) is 1. The first-order valence-corrected chi connectivity index (χ1v) is 7.92. The highest BCUT2D eigenvalue weighted by Crippen LogP contribution is 2.32. The fraction of sp³-hybridized carbons (Fsp3) is 0.389. The molecule has 24 heavy (non-hydrogen) atoms. The van der Waals surface area contributed by atoms with Crippen molar-refractivity contribution >= 4 is 28.6 Å². The molecular formula is C18H21N3O3. The molecule has 2 aromatic rings. The molecule has 2 amide bonds. The molecule has 1 unspecified atom stereocenters. The van der Waals surface area contributed by atoms with E-state index >= 15 is 0 Å². The third-order valence-electron chi connectivity index (χ3n) is 3.96. The van der Waals surface area contributed by atoms with Gasteiger partial charge in [-0.1, -0.05) is 18.2 Å². The summed E-state index contributed by atoms with van der Waals surface area (Å²) in [5, 5.41) is 0.711. The Bertz CT molecular complexity index is 839. The van der Waals surface area contributed by atoms with Gasteiger partial charge in [-0.15, -0.1) is 0 Å². The average Bonchev–Trinajstić information content (AvgIpc) is 2.44. The summed E-state index contributed by atoms with van der Waals surface area (Å²) in [4.78, 5) is 31.1. The Morgan fingerprint density at radius 2 is 2.00 bits per heavy atom. The molecule has 0 bridgehead atoms. The van der Waals surface area contributed by atoms with Gasteiger partial charge in [0.05, 0.1) is 22.5 Å². The molecule has 2 N–H and O–H groups in total. The van der Waals surface area contributed by atoms with Crippen LogP contribution in [0.25, 0.3) is 10.9 Å². The number of fused-ring (bicyclic) bond motifs is 2. The van der Waals surface area contributed by atoms with Gasteiger partial charge in [-0.25, -0.2) is 9.69 Å². The van der Waals surface area contributed by atoms with Crippen LogP contribution in [0.5, 0.6) is 0 Å². The third-order valence-corrected chi connectivity index (χ3v) is 3.96. The van der Waals surface area contributed by atoms with Crippen LogP contribution in [-0.4, -0.2) is 33.5 Å². The number of imide groups is 1. The van der Waals surface area contributed by atoms with Crippen molar-refractivity contribution in [3.05, 3.63) is 35.5 Å². The lowest BCUT2D eigenvalue weighted by Gasteiger charge is -2.34. The number of pyridine rings is 1. The molecule has 1 aromatic heterocycles. The van der Waals surface area contributed by atoms with Crippen LogP contribution >= 0.6 is 0 Å². The summed E-state index contributed by atoms with van der Waals surface area (Å²) in [7, 11) is 0. The molecule has 0 radical (unpaired) electrons. The van der Waals surface area contributed by atoms with E-state index in [-0.39, 0.29) is 6.04 Å². The minimum atomic E-state index is -0.676. The Labute approximate surface area is 140 Å². The first kappa shape index (κ1) is 16.2. The van der Waals surface area contributed by atoms with Gasteiger partial charge in [-0.2, -0.15) is 0 Å². The van der Waals surface area contributed by atoms with Crippen LogP contribution in [0.2, 0.25) is 0 Å². The number of hydrogen-bond acceptors (Lipinski definition) is 5. The largest absolute Gasteiger partial charge is 0.443 e. The number of nitrogens with zero attached hydrogens (tertiary/aromatic N) is 2. The van der Waals surface area contributed by atoms with E-state index < -0.39 is 17.6 Å². The van der Waals surface area contributed by atoms with E-state index in [4.69, 9.17) is 10.5 Å². The Morgan fingerprint density at radius 3 is 2.67 bits per heavy atom. The number of para-hydroxylation sites is 1. The van der Waals surface area contributed by atoms with Gasteiger partial charge in [0.1, 0.15) is 5.60 Å². The van der Waals surface area contributed by atoms with Crippen molar-refractivity contribution in [2.45, 2.75) is 45.8 Å². The number of carbonyl (C=O) groups excluding carboxylic acids is 2. The molecule has 6 nitrogen and oxygen atoms in total. The highest BCUT2D eigenvalue weighted by Gasteiger charge is 2.39. The molecule has 0 spiro atoms. The number of anilines is 1. The fourth-order valence-electron chi connectivity index (χ4n) is 2.94. The Balaban J connectivity index is 2.08. The SMILES string of the molecule is CC1Cc2nc3ccccc3c(N)c2C(=O)N1C(=O)OC(C)(C)C. The van der Waals surface area contributed by atoms with E-state index in [1.165, 1.54) is 0 Å². The van der Waals surface area contributed by atoms with Crippen molar-refractivity contribution in [1.82, 2.24) is 9.88 Å². The molecule has 126 valence electrons.